The van der Waals surface area contributed by atoms with Crippen LogP contribution in [0.25, 0.3) is 0 Å². The molecule has 5 heteroatoms. The first kappa shape index (κ1) is 9.36. The first-order chi connectivity index (χ1) is 6.63. The molecule has 2 aliphatic rings. The van der Waals surface area contributed by atoms with Gasteiger partial charge in [0.1, 0.15) is 6.04 Å². The van der Waals surface area contributed by atoms with Crippen LogP contribution in [0, 0.1) is 0 Å². The van der Waals surface area contributed by atoms with Crippen molar-refractivity contribution in [2.75, 3.05) is 13.1 Å². The zero-order valence-electron chi connectivity index (χ0n) is 8.06. The van der Waals surface area contributed by atoms with E-state index in [2.05, 4.69) is 0 Å². The number of rotatable bonds is 2. The largest absolute Gasteiger partial charge is 0.319 e. The molecule has 1 saturated heterocycles. The normalized spacial score (nSPS) is 26.7. The molecule has 0 aromatic heterocycles. The molecule has 1 amide bonds. The average molecular weight is 195 g/mol. The molecule has 0 bridgehead atoms. The van der Waals surface area contributed by atoms with Gasteiger partial charge in [-0.3, -0.25) is 9.59 Å². The molecular weight excluding hydrogens is 182 g/mol. The Morgan fingerprint density at radius 1 is 1.71 bits per heavy atom. The third-order valence-electron chi connectivity index (χ3n) is 2.57. The number of amides is 1. The van der Waals surface area contributed by atoms with E-state index in [0.29, 0.717) is 25.1 Å². The van der Waals surface area contributed by atoms with Crippen LogP contribution in [-0.2, 0) is 9.59 Å². The van der Waals surface area contributed by atoms with E-state index in [-0.39, 0.29) is 11.7 Å². The molecule has 2 rings (SSSR count). The van der Waals surface area contributed by atoms with Crippen LogP contribution < -0.4 is 5.73 Å². The smallest absolute Gasteiger partial charge is 0.259 e. The topological polar surface area (TPSA) is 66.6 Å². The van der Waals surface area contributed by atoms with Gasteiger partial charge in [-0.1, -0.05) is 6.92 Å². The summed E-state index contributed by atoms with van der Waals surface area (Å²) in [5.41, 5.74) is 6.28. The zero-order chi connectivity index (χ0) is 10.3. The second-order valence-corrected chi connectivity index (χ2v) is 3.57. The highest BCUT2D eigenvalue weighted by atomic mass is 16.2. The number of ketones is 1. The van der Waals surface area contributed by atoms with Gasteiger partial charge >= 0.3 is 0 Å². The number of hydrogen-bond donors (Lipinski definition) is 1. The lowest BCUT2D eigenvalue weighted by molar-refractivity contribution is -0.132. The van der Waals surface area contributed by atoms with E-state index in [1.165, 1.54) is 5.01 Å². The fraction of sp³-hybridized carbons (Fsp3) is 0.556. The molecule has 0 saturated carbocycles. The van der Waals surface area contributed by atoms with Crippen molar-refractivity contribution in [3.05, 3.63) is 11.8 Å². The predicted octanol–water partition coefficient (Wildman–Crippen LogP) is -0.750. The predicted molar refractivity (Wildman–Crippen MR) is 49.8 cm³/mol. The second kappa shape index (κ2) is 3.18. The number of nitrogens with zero attached hydrogens (tertiary/aromatic N) is 2. The summed E-state index contributed by atoms with van der Waals surface area (Å²) in [6.07, 6.45) is 2.09. The quantitative estimate of drug-likeness (QED) is 0.629. The molecule has 14 heavy (non-hydrogen) atoms. The SMILES string of the molecule is CCC(=O)C1=CN2C(=O)C(N)CN2C1. The van der Waals surface area contributed by atoms with Gasteiger partial charge in [-0.2, -0.15) is 0 Å². The van der Waals surface area contributed by atoms with E-state index in [0.717, 1.165) is 0 Å². The molecule has 1 fully saturated rings. The summed E-state index contributed by atoms with van der Waals surface area (Å²) in [5, 5.41) is 3.27. The van der Waals surface area contributed by atoms with Crippen molar-refractivity contribution in [1.82, 2.24) is 10.0 Å². The van der Waals surface area contributed by atoms with Crippen molar-refractivity contribution in [3.8, 4) is 0 Å². The zero-order valence-corrected chi connectivity index (χ0v) is 8.06. The van der Waals surface area contributed by atoms with Crippen molar-refractivity contribution >= 4 is 11.7 Å². The van der Waals surface area contributed by atoms with E-state index in [1.54, 1.807) is 11.2 Å². The van der Waals surface area contributed by atoms with Gasteiger partial charge in [-0.05, 0) is 0 Å². The van der Waals surface area contributed by atoms with Gasteiger partial charge < -0.3 is 5.73 Å². The number of carbonyl (C=O) groups is 2. The number of hydrazine groups is 1. The van der Waals surface area contributed by atoms with Crippen molar-refractivity contribution in [2.24, 2.45) is 5.73 Å². The number of Topliss-reactive ketones (excluding diaryl/α,β-unsaturated/α-hetero) is 1. The third kappa shape index (κ3) is 1.25. The Balaban J connectivity index is 2.16. The molecule has 2 N–H and O–H groups in total. The fourth-order valence-corrected chi connectivity index (χ4v) is 1.76. The lowest BCUT2D eigenvalue weighted by Crippen LogP contribution is -2.32. The molecule has 5 nitrogen and oxygen atoms in total. The number of nitrogens with two attached hydrogens (primary N) is 1. The average Bonchev–Trinajstić information content (AvgIpc) is 2.68. The Morgan fingerprint density at radius 2 is 2.43 bits per heavy atom. The first-order valence-electron chi connectivity index (χ1n) is 4.71. The van der Waals surface area contributed by atoms with E-state index >= 15 is 0 Å². The van der Waals surface area contributed by atoms with E-state index in [1.807, 2.05) is 6.92 Å². The number of carbonyl (C=O) groups excluding carboxylic acids is 2. The van der Waals surface area contributed by atoms with Gasteiger partial charge in [0.05, 0.1) is 0 Å². The molecule has 0 aliphatic carbocycles. The molecule has 0 spiro atoms. The highest BCUT2D eigenvalue weighted by molar-refractivity contribution is 5.97. The first-order valence-corrected chi connectivity index (χ1v) is 4.71. The summed E-state index contributed by atoms with van der Waals surface area (Å²) in [6.45, 7) is 2.84. The Morgan fingerprint density at radius 3 is 3.00 bits per heavy atom. The Labute approximate surface area is 82.1 Å². The van der Waals surface area contributed by atoms with Crippen molar-refractivity contribution in [3.63, 3.8) is 0 Å². The summed E-state index contributed by atoms with van der Waals surface area (Å²) < 4.78 is 0. The molecule has 0 aromatic carbocycles. The second-order valence-electron chi connectivity index (χ2n) is 3.57. The minimum Gasteiger partial charge on any atom is -0.319 e. The molecule has 1 atom stereocenters. The van der Waals surface area contributed by atoms with Crippen molar-refractivity contribution in [1.29, 1.82) is 0 Å². The maximum atomic E-state index is 11.4. The van der Waals surface area contributed by atoms with Gasteiger partial charge in [0.25, 0.3) is 5.91 Å². The lowest BCUT2D eigenvalue weighted by atomic mass is 10.1. The van der Waals surface area contributed by atoms with E-state index in [9.17, 15) is 9.59 Å². The van der Waals surface area contributed by atoms with Gasteiger partial charge in [0.15, 0.2) is 5.78 Å². The van der Waals surface area contributed by atoms with Crippen LogP contribution in [0.5, 0.6) is 0 Å². The van der Waals surface area contributed by atoms with Gasteiger partial charge in [-0.15, -0.1) is 0 Å². The summed E-state index contributed by atoms with van der Waals surface area (Å²) in [4.78, 5) is 22.8. The minimum atomic E-state index is -0.440. The van der Waals surface area contributed by atoms with Gasteiger partial charge in [0, 0.05) is 31.3 Å². The van der Waals surface area contributed by atoms with Crippen molar-refractivity contribution in [2.45, 2.75) is 19.4 Å². The molecule has 0 radical (unpaired) electrons. The van der Waals surface area contributed by atoms with E-state index in [4.69, 9.17) is 5.73 Å². The molecule has 1 unspecified atom stereocenters. The third-order valence-corrected chi connectivity index (χ3v) is 2.57. The monoisotopic (exact) mass is 195 g/mol. The van der Waals surface area contributed by atoms with E-state index < -0.39 is 6.04 Å². The van der Waals surface area contributed by atoms with Crippen LogP contribution in [-0.4, -0.2) is 40.8 Å². The highest BCUT2D eigenvalue weighted by Gasteiger charge is 2.39. The summed E-state index contributed by atoms with van der Waals surface area (Å²) in [7, 11) is 0. The van der Waals surface area contributed by atoms with Crippen LogP contribution in [0.4, 0.5) is 0 Å². The molecule has 2 aliphatic heterocycles. The molecule has 2 heterocycles. The Kier molecular flexibility index (Phi) is 2.13. The number of hydrogen-bond acceptors (Lipinski definition) is 4. The summed E-state index contributed by atoms with van der Waals surface area (Å²) in [5.74, 6) is -0.0234. The van der Waals surface area contributed by atoms with Crippen molar-refractivity contribution < 1.29 is 9.59 Å². The molecular formula is C9H13N3O2. The highest BCUT2D eigenvalue weighted by Crippen LogP contribution is 2.22. The summed E-state index contributed by atoms with van der Waals surface area (Å²) in [6, 6.07) is -0.440. The van der Waals surface area contributed by atoms with Crippen LogP contribution in [0.3, 0.4) is 0 Å². The standard InChI is InChI=1S/C9H13N3O2/c1-2-8(13)6-3-11-5-7(10)9(14)12(11)4-6/h4,7H,2-3,5,10H2,1H3. The summed E-state index contributed by atoms with van der Waals surface area (Å²) >= 11 is 0. The van der Waals surface area contributed by atoms with Crippen LogP contribution in [0.1, 0.15) is 13.3 Å². The molecule has 76 valence electrons. The van der Waals surface area contributed by atoms with Gasteiger partial charge in [0.2, 0.25) is 0 Å². The lowest BCUT2D eigenvalue weighted by Gasteiger charge is -2.15. The Hall–Kier alpha value is -1.20. The number of fused-ring (bicyclic) bond motifs is 1. The Bertz CT molecular complexity index is 324. The van der Waals surface area contributed by atoms with Crippen LogP contribution in [0.2, 0.25) is 0 Å². The molecule has 0 aromatic rings. The van der Waals surface area contributed by atoms with Gasteiger partial charge in [-0.25, -0.2) is 10.0 Å². The van der Waals surface area contributed by atoms with Crippen LogP contribution >= 0.6 is 0 Å². The fourth-order valence-electron chi connectivity index (χ4n) is 1.76. The maximum absolute atomic E-state index is 11.4. The van der Waals surface area contributed by atoms with Crippen LogP contribution in [0.15, 0.2) is 11.8 Å². The maximum Gasteiger partial charge on any atom is 0.259 e. The minimum absolute atomic E-state index is 0.0979.